The minimum absolute atomic E-state index is 0.0765. The van der Waals surface area contributed by atoms with E-state index in [1.165, 1.54) is 0 Å². The van der Waals surface area contributed by atoms with E-state index >= 15 is 0 Å². The Labute approximate surface area is 95.2 Å². The van der Waals surface area contributed by atoms with Gasteiger partial charge in [0.2, 0.25) is 0 Å². The second kappa shape index (κ2) is 4.58. The Hall–Kier alpha value is -1.48. The summed E-state index contributed by atoms with van der Waals surface area (Å²) in [6.45, 7) is 4.74. The van der Waals surface area contributed by atoms with Crippen LogP contribution < -0.4 is 10.5 Å². The molecule has 0 aliphatic rings. The zero-order chi connectivity index (χ0) is 11.5. The molecule has 2 aromatic rings. The first-order chi connectivity index (χ1) is 7.70. The molecule has 1 heterocycles. The first-order valence-corrected chi connectivity index (χ1v) is 5.62. The fourth-order valence-corrected chi connectivity index (χ4v) is 1.58. The maximum atomic E-state index is 5.77. The van der Waals surface area contributed by atoms with Crippen LogP contribution in [0.4, 0.5) is 0 Å². The molecule has 0 saturated carbocycles. The van der Waals surface area contributed by atoms with Gasteiger partial charge in [0.25, 0.3) is 0 Å². The topological polar surface area (TPSA) is 48.4 Å². The summed E-state index contributed by atoms with van der Waals surface area (Å²) in [4.78, 5) is 0. The van der Waals surface area contributed by atoms with Gasteiger partial charge in [0.05, 0.1) is 12.6 Å². The molecule has 0 saturated heterocycles. The van der Waals surface area contributed by atoms with Gasteiger partial charge in [0, 0.05) is 5.39 Å². The standard InChI is InChI=1S/C13H17NO2/c1-3-6-15-11-4-5-12-10(7-11)8-13(16-12)9(2)14/h4-5,7-9H,3,6,14H2,1-2H3. The van der Waals surface area contributed by atoms with Gasteiger partial charge < -0.3 is 14.9 Å². The summed E-state index contributed by atoms with van der Waals surface area (Å²) in [5.74, 6) is 1.69. The van der Waals surface area contributed by atoms with Crippen LogP contribution in [0.15, 0.2) is 28.7 Å². The fraction of sp³-hybridized carbons (Fsp3) is 0.385. The van der Waals surface area contributed by atoms with E-state index in [1.807, 2.05) is 31.2 Å². The Morgan fingerprint density at radius 2 is 2.19 bits per heavy atom. The van der Waals surface area contributed by atoms with Crippen molar-refractivity contribution in [2.75, 3.05) is 6.61 Å². The molecule has 0 aliphatic heterocycles. The number of rotatable bonds is 4. The Morgan fingerprint density at radius 1 is 1.38 bits per heavy atom. The van der Waals surface area contributed by atoms with Crippen LogP contribution in [0.2, 0.25) is 0 Å². The van der Waals surface area contributed by atoms with Crippen LogP contribution in [-0.4, -0.2) is 6.61 Å². The van der Waals surface area contributed by atoms with E-state index in [-0.39, 0.29) is 6.04 Å². The van der Waals surface area contributed by atoms with Crippen LogP contribution in [0.5, 0.6) is 5.75 Å². The molecule has 2 rings (SSSR count). The van der Waals surface area contributed by atoms with Crippen molar-refractivity contribution in [2.24, 2.45) is 5.73 Å². The van der Waals surface area contributed by atoms with Crippen molar-refractivity contribution in [3.05, 3.63) is 30.0 Å². The van der Waals surface area contributed by atoms with E-state index in [1.54, 1.807) is 0 Å². The van der Waals surface area contributed by atoms with Crippen molar-refractivity contribution < 1.29 is 9.15 Å². The normalized spacial score (nSPS) is 12.9. The van der Waals surface area contributed by atoms with Crippen molar-refractivity contribution in [1.29, 1.82) is 0 Å². The SMILES string of the molecule is CCCOc1ccc2oc(C(C)N)cc2c1. The summed E-state index contributed by atoms with van der Waals surface area (Å²) in [5.41, 5.74) is 6.63. The van der Waals surface area contributed by atoms with E-state index in [9.17, 15) is 0 Å². The highest BCUT2D eigenvalue weighted by Crippen LogP contribution is 2.26. The monoisotopic (exact) mass is 219 g/mol. The second-order valence-corrected chi connectivity index (χ2v) is 3.99. The lowest BCUT2D eigenvalue weighted by Gasteiger charge is -2.02. The minimum Gasteiger partial charge on any atom is -0.494 e. The summed E-state index contributed by atoms with van der Waals surface area (Å²) >= 11 is 0. The molecule has 3 nitrogen and oxygen atoms in total. The highest BCUT2D eigenvalue weighted by Gasteiger charge is 2.08. The molecule has 0 bridgehead atoms. The van der Waals surface area contributed by atoms with Gasteiger partial charge in [0.15, 0.2) is 0 Å². The Bertz CT molecular complexity index is 474. The van der Waals surface area contributed by atoms with Gasteiger partial charge in [-0.3, -0.25) is 0 Å². The first-order valence-electron chi connectivity index (χ1n) is 5.62. The molecule has 86 valence electrons. The van der Waals surface area contributed by atoms with E-state index in [2.05, 4.69) is 6.92 Å². The van der Waals surface area contributed by atoms with Crippen LogP contribution in [0.25, 0.3) is 11.0 Å². The Balaban J connectivity index is 2.30. The molecular weight excluding hydrogens is 202 g/mol. The van der Waals surface area contributed by atoms with Gasteiger partial charge in [-0.1, -0.05) is 6.92 Å². The van der Waals surface area contributed by atoms with Crippen LogP contribution >= 0.6 is 0 Å². The van der Waals surface area contributed by atoms with Gasteiger partial charge in [-0.05, 0) is 37.6 Å². The molecule has 0 fully saturated rings. The number of ether oxygens (including phenoxy) is 1. The summed E-state index contributed by atoms with van der Waals surface area (Å²) < 4.78 is 11.2. The number of nitrogens with two attached hydrogens (primary N) is 1. The maximum Gasteiger partial charge on any atom is 0.134 e. The zero-order valence-corrected chi connectivity index (χ0v) is 9.69. The summed E-state index contributed by atoms with van der Waals surface area (Å²) in [5, 5.41) is 1.04. The number of hydrogen-bond acceptors (Lipinski definition) is 3. The number of hydrogen-bond donors (Lipinski definition) is 1. The van der Waals surface area contributed by atoms with Crippen LogP contribution in [0.3, 0.4) is 0 Å². The highest BCUT2D eigenvalue weighted by atomic mass is 16.5. The number of benzene rings is 1. The molecule has 1 aromatic heterocycles. The molecule has 1 aromatic carbocycles. The minimum atomic E-state index is -0.0765. The molecule has 0 amide bonds. The van der Waals surface area contributed by atoms with Crippen molar-refractivity contribution >= 4 is 11.0 Å². The predicted molar refractivity (Wildman–Crippen MR) is 64.6 cm³/mol. The molecule has 2 N–H and O–H groups in total. The molecular formula is C13H17NO2. The zero-order valence-electron chi connectivity index (χ0n) is 9.69. The quantitative estimate of drug-likeness (QED) is 0.858. The third-order valence-electron chi connectivity index (χ3n) is 2.43. The Morgan fingerprint density at radius 3 is 2.88 bits per heavy atom. The van der Waals surface area contributed by atoms with E-state index < -0.39 is 0 Å². The van der Waals surface area contributed by atoms with Crippen LogP contribution in [-0.2, 0) is 0 Å². The van der Waals surface area contributed by atoms with Gasteiger partial charge in [0.1, 0.15) is 17.1 Å². The molecule has 0 spiro atoms. The lowest BCUT2D eigenvalue weighted by molar-refractivity contribution is 0.318. The maximum absolute atomic E-state index is 5.77. The molecule has 16 heavy (non-hydrogen) atoms. The fourth-order valence-electron chi connectivity index (χ4n) is 1.58. The van der Waals surface area contributed by atoms with Crippen LogP contribution in [0.1, 0.15) is 32.1 Å². The largest absolute Gasteiger partial charge is 0.494 e. The predicted octanol–water partition coefficient (Wildman–Crippen LogP) is 3.24. The van der Waals surface area contributed by atoms with Crippen molar-refractivity contribution in [3.63, 3.8) is 0 Å². The van der Waals surface area contributed by atoms with Gasteiger partial charge in [-0.15, -0.1) is 0 Å². The van der Waals surface area contributed by atoms with E-state index in [4.69, 9.17) is 14.9 Å². The van der Waals surface area contributed by atoms with Crippen molar-refractivity contribution in [3.8, 4) is 5.75 Å². The molecule has 3 heteroatoms. The van der Waals surface area contributed by atoms with Gasteiger partial charge in [-0.2, -0.15) is 0 Å². The number of fused-ring (bicyclic) bond motifs is 1. The van der Waals surface area contributed by atoms with E-state index in [0.29, 0.717) is 0 Å². The van der Waals surface area contributed by atoms with E-state index in [0.717, 1.165) is 35.5 Å². The summed E-state index contributed by atoms with van der Waals surface area (Å²) in [6, 6.07) is 7.73. The molecule has 1 unspecified atom stereocenters. The van der Waals surface area contributed by atoms with Crippen LogP contribution in [0, 0.1) is 0 Å². The smallest absolute Gasteiger partial charge is 0.134 e. The first kappa shape index (κ1) is 11.0. The summed E-state index contributed by atoms with van der Waals surface area (Å²) in [7, 11) is 0. The average Bonchev–Trinajstić information content (AvgIpc) is 2.69. The third kappa shape index (κ3) is 2.19. The van der Waals surface area contributed by atoms with Crippen molar-refractivity contribution in [1.82, 2.24) is 0 Å². The highest BCUT2D eigenvalue weighted by molar-refractivity contribution is 5.79. The molecule has 0 aliphatic carbocycles. The average molecular weight is 219 g/mol. The van der Waals surface area contributed by atoms with Crippen molar-refractivity contribution in [2.45, 2.75) is 26.3 Å². The summed E-state index contributed by atoms with van der Waals surface area (Å²) in [6.07, 6.45) is 1.01. The second-order valence-electron chi connectivity index (χ2n) is 3.99. The lowest BCUT2D eigenvalue weighted by atomic mass is 10.2. The Kier molecular flexibility index (Phi) is 3.15. The molecule has 1 atom stereocenters. The number of furan rings is 1. The van der Waals surface area contributed by atoms with Gasteiger partial charge >= 0.3 is 0 Å². The third-order valence-corrected chi connectivity index (χ3v) is 2.43. The lowest BCUT2D eigenvalue weighted by Crippen LogP contribution is -2.02. The molecule has 0 radical (unpaired) electrons. The van der Waals surface area contributed by atoms with Gasteiger partial charge in [-0.25, -0.2) is 0 Å².